The molecule has 0 heterocycles. The zero-order valence-corrected chi connectivity index (χ0v) is 11.4. The average molecular weight is 273 g/mol. The Balaban J connectivity index is 2.14. The van der Waals surface area contributed by atoms with Gasteiger partial charge >= 0.3 is 0 Å². The van der Waals surface area contributed by atoms with E-state index in [-0.39, 0.29) is 11.5 Å². The van der Waals surface area contributed by atoms with Crippen LogP contribution >= 0.6 is 0 Å². The first kappa shape index (κ1) is 13.3. The molecule has 1 aliphatic rings. The lowest BCUT2D eigenvalue weighted by molar-refractivity contribution is 0.500. The highest BCUT2D eigenvalue weighted by Crippen LogP contribution is 2.51. The molecule has 3 rings (SSSR count). The van der Waals surface area contributed by atoms with Crippen LogP contribution in [0.1, 0.15) is 25.3 Å². The Kier molecular flexibility index (Phi) is 3.09. The summed E-state index contributed by atoms with van der Waals surface area (Å²) >= 11 is 0. The Morgan fingerprint density at radius 3 is 2.30 bits per heavy atom. The lowest BCUT2D eigenvalue weighted by Crippen LogP contribution is -2.31. The van der Waals surface area contributed by atoms with Crippen LogP contribution in [0.25, 0.3) is 11.1 Å². The molecule has 0 saturated heterocycles. The summed E-state index contributed by atoms with van der Waals surface area (Å²) in [5.41, 5.74) is 7.65. The minimum absolute atomic E-state index is 0.0593. The molecule has 1 unspecified atom stereocenters. The van der Waals surface area contributed by atoms with Gasteiger partial charge in [-0.1, -0.05) is 30.3 Å². The molecule has 0 amide bonds. The molecule has 2 aromatic carbocycles. The van der Waals surface area contributed by atoms with Crippen molar-refractivity contribution in [2.45, 2.75) is 31.2 Å². The summed E-state index contributed by atoms with van der Waals surface area (Å²) in [6.45, 7) is 1.93. The van der Waals surface area contributed by atoms with Gasteiger partial charge in [0.05, 0.1) is 0 Å². The van der Waals surface area contributed by atoms with Crippen LogP contribution in [0, 0.1) is 11.6 Å². The van der Waals surface area contributed by atoms with E-state index in [1.165, 1.54) is 6.07 Å². The standard InChI is InChI=1S/C17H17F2N/c1-11(20)17(7-8-17)13-9-14(16(19)15(18)10-13)12-5-3-2-4-6-12/h2-6,9-11H,7-8,20H2,1H3. The van der Waals surface area contributed by atoms with Gasteiger partial charge in [0.2, 0.25) is 0 Å². The molecule has 0 aliphatic heterocycles. The monoisotopic (exact) mass is 273 g/mol. The van der Waals surface area contributed by atoms with Crippen LogP contribution in [0.3, 0.4) is 0 Å². The van der Waals surface area contributed by atoms with Gasteiger partial charge in [-0.3, -0.25) is 0 Å². The van der Waals surface area contributed by atoms with Crippen molar-refractivity contribution < 1.29 is 8.78 Å². The zero-order valence-electron chi connectivity index (χ0n) is 11.4. The Bertz CT molecular complexity index is 631. The van der Waals surface area contributed by atoms with Crippen LogP contribution in [0.15, 0.2) is 42.5 Å². The maximum atomic E-state index is 14.1. The van der Waals surface area contributed by atoms with Crippen molar-refractivity contribution in [3.8, 4) is 11.1 Å². The molecule has 1 nitrogen and oxygen atoms in total. The molecule has 2 N–H and O–H groups in total. The molecule has 2 aromatic rings. The molecule has 0 radical (unpaired) electrons. The van der Waals surface area contributed by atoms with Crippen molar-refractivity contribution >= 4 is 0 Å². The second-order valence-electron chi connectivity index (χ2n) is 5.63. The lowest BCUT2D eigenvalue weighted by Gasteiger charge is -2.21. The third-order valence-corrected chi connectivity index (χ3v) is 4.35. The van der Waals surface area contributed by atoms with E-state index in [1.807, 2.05) is 25.1 Å². The van der Waals surface area contributed by atoms with E-state index in [4.69, 9.17) is 5.73 Å². The minimum atomic E-state index is -0.798. The second-order valence-corrected chi connectivity index (χ2v) is 5.63. The van der Waals surface area contributed by atoms with E-state index in [9.17, 15) is 8.78 Å². The smallest absolute Gasteiger partial charge is 0.166 e. The molecule has 20 heavy (non-hydrogen) atoms. The predicted molar refractivity (Wildman–Crippen MR) is 76.4 cm³/mol. The van der Waals surface area contributed by atoms with E-state index in [0.29, 0.717) is 11.1 Å². The van der Waals surface area contributed by atoms with Crippen molar-refractivity contribution in [3.63, 3.8) is 0 Å². The van der Waals surface area contributed by atoms with Crippen LogP contribution in [0.2, 0.25) is 0 Å². The topological polar surface area (TPSA) is 26.0 Å². The van der Waals surface area contributed by atoms with Gasteiger partial charge in [-0.2, -0.15) is 0 Å². The van der Waals surface area contributed by atoms with E-state index in [2.05, 4.69) is 0 Å². The molecule has 1 aliphatic carbocycles. The van der Waals surface area contributed by atoms with E-state index < -0.39 is 11.6 Å². The van der Waals surface area contributed by atoms with E-state index >= 15 is 0 Å². The fraction of sp³-hybridized carbons (Fsp3) is 0.294. The number of halogens is 2. The van der Waals surface area contributed by atoms with Gasteiger partial charge in [0.15, 0.2) is 11.6 Å². The third kappa shape index (κ3) is 2.02. The van der Waals surface area contributed by atoms with Crippen molar-refractivity contribution in [2.24, 2.45) is 5.73 Å². The Hall–Kier alpha value is -1.74. The summed E-state index contributed by atoms with van der Waals surface area (Å²) in [6.07, 6.45) is 1.87. The molecular weight excluding hydrogens is 256 g/mol. The van der Waals surface area contributed by atoms with E-state index in [1.54, 1.807) is 18.2 Å². The molecule has 104 valence electrons. The number of nitrogens with two attached hydrogens (primary N) is 1. The fourth-order valence-corrected chi connectivity index (χ4v) is 2.85. The summed E-state index contributed by atoms with van der Waals surface area (Å²) in [4.78, 5) is 0. The number of hydrogen-bond acceptors (Lipinski definition) is 1. The van der Waals surface area contributed by atoms with Crippen molar-refractivity contribution in [2.75, 3.05) is 0 Å². The van der Waals surface area contributed by atoms with Gasteiger partial charge < -0.3 is 5.73 Å². The van der Waals surface area contributed by atoms with Gasteiger partial charge in [0.1, 0.15) is 0 Å². The lowest BCUT2D eigenvalue weighted by atomic mass is 9.87. The van der Waals surface area contributed by atoms with Gasteiger partial charge in [0, 0.05) is 17.0 Å². The molecule has 0 spiro atoms. The van der Waals surface area contributed by atoms with Crippen molar-refractivity contribution in [3.05, 3.63) is 59.7 Å². The Morgan fingerprint density at radius 2 is 1.75 bits per heavy atom. The predicted octanol–water partition coefficient (Wildman–Crippen LogP) is 4.01. The fourth-order valence-electron chi connectivity index (χ4n) is 2.85. The second kappa shape index (κ2) is 4.67. The van der Waals surface area contributed by atoms with Crippen molar-refractivity contribution in [1.29, 1.82) is 0 Å². The maximum Gasteiger partial charge on any atom is 0.166 e. The van der Waals surface area contributed by atoms with Crippen LogP contribution in [-0.4, -0.2) is 6.04 Å². The summed E-state index contributed by atoms with van der Waals surface area (Å²) in [5.74, 6) is -1.59. The van der Waals surface area contributed by atoms with Gasteiger partial charge in [-0.25, -0.2) is 8.78 Å². The average Bonchev–Trinajstić information content (AvgIpc) is 3.24. The SMILES string of the molecule is CC(N)C1(c2cc(F)c(F)c(-c3ccccc3)c2)CC1. The number of rotatable bonds is 3. The van der Waals surface area contributed by atoms with Crippen LogP contribution in [-0.2, 0) is 5.41 Å². The number of benzene rings is 2. The van der Waals surface area contributed by atoms with Crippen LogP contribution in [0.5, 0.6) is 0 Å². The Labute approximate surface area is 117 Å². The Morgan fingerprint density at radius 1 is 1.10 bits per heavy atom. The molecule has 3 heteroatoms. The summed E-state index contributed by atoms with van der Waals surface area (Å²) in [7, 11) is 0. The normalized spacial score (nSPS) is 17.8. The van der Waals surface area contributed by atoms with Crippen LogP contribution < -0.4 is 5.73 Å². The summed E-state index contributed by atoms with van der Waals surface area (Å²) in [6, 6.07) is 12.1. The maximum absolute atomic E-state index is 14.1. The molecule has 0 bridgehead atoms. The molecule has 1 saturated carbocycles. The van der Waals surface area contributed by atoms with Gasteiger partial charge in [-0.15, -0.1) is 0 Å². The highest BCUT2D eigenvalue weighted by molar-refractivity contribution is 5.66. The largest absolute Gasteiger partial charge is 0.327 e. The van der Waals surface area contributed by atoms with E-state index in [0.717, 1.165) is 18.4 Å². The molecule has 1 fully saturated rings. The first-order chi connectivity index (χ1) is 9.54. The number of hydrogen-bond donors (Lipinski definition) is 1. The first-order valence-corrected chi connectivity index (χ1v) is 6.85. The van der Waals surface area contributed by atoms with Gasteiger partial charge in [0.25, 0.3) is 0 Å². The summed E-state index contributed by atoms with van der Waals surface area (Å²) in [5, 5.41) is 0. The molecule has 1 atom stereocenters. The highest BCUT2D eigenvalue weighted by atomic mass is 19.2. The summed E-state index contributed by atoms with van der Waals surface area (Å²) < 4.78 is 28.0. The first-order valence-electron chi connectivity index (χ1n) is 6.85. The molecule has 0 aromatic heterocycles. The van der Waals surface area contributed by atoms with Gasteiger partial charge in [-0.05, 0) is 43.0 Å². The quantitative estimate of drug-likeness (QED) is 0.898. The third-order valence-electron chi connectivity index (χ3n) is 4.35. The van der Waals surface area contributed by atoms with Crippen molar-refractivity contribution in [1.82, 2.24) is 0 Å². The highest BCUT2D eigenvalue weighted by Gasteiger charge is 2.47. The zero-order chi connectivity index (χ0) is 14.3. The van der Waals surface area contributed by atoms with Crippen LogP contribution in [0.4, 0.5) is 8.78 Å². The molecular formula is C17H17F2N. The minimum Gasteiger partial charge on any atom is -0.327 e.